The Labute approximate surface area is 113 Å². The zero-order valence-corrected chi connectivity index (χ0v) is 15.2. The highest BCUT2D eigenvalue weighted by molar-refractivity contribution is 6.90. The van der Waals surface area contributed by atoms with E-state index in [0.717, 1.165) is 5.19 Å². The van der Waals surface area contributed by atoms with Crippen molar-refractivity contribution in [1.82, 2.24) is 0 Å². The van der Waals surface area contributed by atoms with Crippen molar-refractivity contribution < 1.29 is 13.0 Å². The zero-order chi connectivity index (χ0) is 14.0. The van der Waals surface area contributed by atoms with Crippen LogP contribution in [0.5, 0.6) is 0 Å². The van der Waals surface area contributed by atoms with Crippen LogP contribution in [0.1, 0.15) is 0 Å². The second-order valence-corrected chi connectivity index (χ2v) is 18.2. The van der Waals surface area contributed by atoms with Gasteiger partial charge in [-0.25, -0.2) is 0 Å². The lowest BCUT2D eigenvalue weighted by atomic mass is 10.4. The van der Waals surface area contributed by atoms with E-state index in [1.54, 1.807) is 0 Å². The minimum absolute atomic E-state index is 0.801. The molecule has 0 aliphatic carbocycles. The highest BCUT2D eigenvalue weighted by Gasteiger charge is 2.46. The van der Waals surface area contributed by atoms with Gasteiger partial charge in [0.25, 0.3) is 0 Å². The lowest BCUT2D eigenvalue weighted by Gasteiger charge is -2.35. The van der Waals surface area contributed by atoms with Crippen LogP contribution in [0.4, 0.5) is 0 Å². The highest BCUT2D eigenvalue weighted by atomic mass is 28.5. The highest BCUT2D eigenvalue weighted by Crippen LogP contribution is 2.18. The van der Waals surface area contributed by atoms with Crippen molar-refractivity contribution in [1.29, 1.82) is 0 Å². The normalized spacial score (nSPS) is 13.7. The second kappa shape index (κ2) is 5.40. The number of hydrogen-bond donors (Lipinski definition) is 1. The van der Waals surface area contributed by atoms with Gasteiger partial charge in [-0.2, -0.15) is 0 Å². The molecule has 0 aliphatic heterocycles. The second-order valence-electron chi connectivity index (χ2n) is 6.38. The van der Waals surface area contributed by atoms with Gasteiger partial charge >= 0.3 is 8.80 Å². The molecule has 1 N–H and O–H groups in total. The molecule has 0 saturated carbocycles. The molecule has 6 heteroatoms. The Bertz CT molecular complexity index is 366. The molecule has 0 fully saturated rings. The molecule has 1 aromatic carbocycles. The van der Waals surface area contributed by atoms with Crippen LogP contribution in [0.2, 0.25) is 39.3 Å². The lowest BCUT2D eigenvalue weighted by molar-refractivity contribution is 0.265. The molecule has 102 valence electrons. The summed E-state index contributed by atoms with van der Waals surface area (Å²) in [4.78, 5) is 10.9. The van der Waals surface area contributed by atoms with Gasteiger partial charge in [0.2, 0.25) is 0 Å². The number of benzene rings is 1. The van der Waals surface area contributed by atoms with Crippen LogP contribution in [0, 0.1) is 0 Å². The summed E-state index contributed by atoms with van der Waals surface area (Å²) in [6.07, 6.45) is 0. The monoisotopic (exact) mass is 300 g/mol. The van der Waals surface area contributed by atoms with Crippen LogP contribution in [0.15, 0.2) is 30.3 Å². The Balaban J connectivity index is 3.09. The van der Waals surface area contributed by atoms with E-state index >= 15 is 0 Å². The molecule has 0 aliphatic rings. The fourth-order valence-electron chi connectivity index (χ4n) is 1.62. The van der Waals surface area contributed by atoms with Crippen LogP contribution < -0.4 is 5.19 Å². The smallest absolute Gasteiger partial charge is 0.413 e. The van der Waals surface area contributed by atoms with Crippen molar-refractivity contribution in [3.63, 3.8) is 0 Å². The molecule has 0 aromatic heterocycles. The topological polar surface area (TPSA) is 38.7 Å². The first kappa shape index (κ1) is 15.8. The van der Waals surface area contributed by atoms with E-state index in [0.29, 0.717) is 0 Å². The first-order valence-electron chi connectivity index (χ1n) is 6.20. The Hall–Kier alpha value is -0.249. The van der Waals surface area contributed by atoms with Gasteiger partial charge in [0.15, 0.2) is 16.6 Å². The van der Waals surface area contributed by atoms with Crippen LogP contribution in [0.25, 0.3) is 0 Å². The molecule has 1 aromatic rings. The van der Waals surface area contributed by atoms with E-state index in [-0.39, 0.29) is 0 Å². The molecule has 1 rings (SSSR count). The molecule has 18 heavy (non-hydrogen) atoms. The van der Waals surface area contributed by atoms with Crippen molar-refractivity contribution in [3.8, 4) is 0 Å². The van der Waals surface area contributed by atoms with E-state index in [2.05, 4.69) is 39.3 Å². The summed E-state index contributed by atoms with van der Waals surface area (Å²) in [5.74, 6) is 0. The third-order valence-corrected chi connectivity index (χ3v) is 10.2. The standard InChI is InChI=1S/C12H24O3Si3/c1-16(2,3)14-18(13,15-17(4,5)6)12-10-8-7-9-11-12/h7-11,13H,1-6H3. The minimum Gasteiger partial charge on any atom is -0.413 e. The van der Waals surface area contributed by atoms with Gasteiger partial charge in [0.05, 0.1) is 0 Å². The van der Waals surface area contributed by atoms with Crippen LogP contribution in [-0.2, 0) is 8.23 Å². The van der Waals surface area contributed by atoms with Gasteiger partial charge in [-0.1, -0.05) is 30.3 Å². The summed E-state index contributed by atoms with van der Waals surface area (Å²) in [7, 11) is -7.01. The third-order valence-electron chi connectivity index (χ3n) is 2.03. The van der Waals surface area contributed by atoms with Crippen molar-refractivity contribution in [2.45, 2.75) is 39.3 Å². The molecule has 0 radical (unpaired) electrons. The summed E-state index contributed by atoms with van der Waals surface area (Å²) < 4.78 is 12.1. The summed E-state index contributed by atoms with van der Waals surface area (Å²) in [5, 5.41) is 0.801. The van der Waals surface area contributed by atoms with E-state index in [1.807, 2.05) is 30.3 Å². The van der Waals surface area contributed by atoms with E-state index in [4.69, 9.17) is 8.23 Å². The Morgan fingerprint density at radius 3 is 1.50 bits per heavy atom. The van der Waals surface area contributed by atoms with Gasteiger partial charge in [0, 0.05) is 5.19 Å². The van der Waals surface area contributed by atoms with Gasteiger partial charge < -0.3 is 13.0 Å². The van der Waals surface area contributed by atoms with E-state index in [9.17, 15) is 4.80 Å². The third kappa shape index (κ3) is 5.17. The van der Waals surface area contributed by atoms with Crippen molar-refractivity contribution >= 4 is 30.6 Å². The SMILES string of the molecule is C[Si](C)(C)O[Si](O)(O[Si](C)(C)C)c1ccccc1. The molecule has 0 saturated heterocycles. The maximum atomic E-state index is 10.9. The molecular formula is C12H24O3Si3. The summed E-state index contributed by atoms with van der Waals surface area (Å²) in [6.45, 7) is 12.4. The molecule has 0 heterocycles. The molecule has 3 nitrogen and oxygen atoms in total. The molecular weight excluding hydrogens is 276 g/mol. The Kier molecular flexibility index (Phi) is 4.74. The fourth-order valence-corrected chi connectivity index (χ4v) is 10.4. The van der Waals surface area contributed by atoms with Crippen molar-refractivity contribution in [3.05, 3.63) is 30.3 Å². The Morgan fingerprint density at radius 1 is 0.778 bits per heavy atom. The predicted octanol–water partition coefficient (Wildman–Crippen LogP) is 2.53. The molecule has 0 bridgehead atoms. The fraction of sp³-hybridized carbons (Fsp3) is 0.500. The van der Waals surface area contributed by atoms with Gasteiger partial charge in [-0.15, -0.1) is 0 Å². The first-order chi connectivity index (χ1) is 8.02. The quantitative estimate of drug-likeness (QED) is 0.849. The minimum atomic E-state index is -3.27. The average molecular weight is 301 g/mol. The maximum Gasteiger partial charge on any atom is 0.513 e. The van der Waals surface area contributed by atoms with Gasteiger partial charge in [0.1, 0.15) is 0 Å². The summed E-state index contributed by atoms with van der Waals surface area (Å²) >= 11 is 0. The molecule has 0 unspecified atom stereocenters. The lowest BCUT2D eigenvalue weighted by Crippen LogP contribution is -2.62. The summed E-state index contributed by atoms with van der Waals surface area (Å²) in [6, 6.07) is 9.54. The predicted molar refractivity (Wildman–Crippen MR) is 82.9 cm³/mol. The van der Waals surface area contributed by atoms with Crippen molar-refractivity contribution in [2.24, 2.45) is 0 Å². The molecule has 0 spiro atoms. The van der Waals surface area contributed by atoms with Gasteiger partial charge in [-0.05, 0) is 39.3 Å². The molecule has 0 amide bonds. The number of hydrogen-bond acceptors (Lipinski definition) is 3. The van der Waals surface area contributed by atoms with Crippen molar-refractivity contribution in [2.75, 3.05) is 0 Å². The Morgan fingerprint density at radius 2 is 1.17 bits per heavy atom. The zero-order valence-electron chi connectivity index (χ0n) is 12.2. The maximum absolute atomic E-state index is 10.9. The molecule has 0 atom stereocenters. The average Bonchev–Trinajstić information content (AvgIpc) is 2.13. The summed E-state index contributed by atoms with van der Waals surface area (Å²) in [5.41, 5.74) is 0. The van der Waals surface area contributed by atoms with Crippen LogP contribution >= 0.6 is 0 Å². The number of rotatable bonds is 5. The largest absolute Gasteiger partial charge is 0.513 e. The van der Waals surface area contributed by atoms with Crippen LogP contribution in [0.3, 0.4) is 0 Å². The van der Waals surface area contributed by atoms with E-state index in [1.165, 1.54) is 0 Å². The van der Waals surface area contributed by atoms with E-state index < -0.39 is 25.4 Å². The van der Waals surface area contributed by atoms with Crippen LogP contribution in [-0.4, -0.2) is 30.2 Å². The van der Waals surface area contributed by atoms with Gasteiger partial charge in [-0.3, -0.25) is 0 Å². The first-order valence-corrected chi connectivity index (χ1v) is 14.8.